The Bertz CT molecular complexity index is 910. The van der Waals surface area contributed by atoms with Gasteiger partial charge in [0.15, 0.2) is 0 Å². The highest BCUT2D eigenvalue weighted by Gasteiger charge is 2.18. The maximum absolute atomic E-state index is 12.4. The summed E-state index contributed by atoms with van der Waals surface area (Å²) in [4.78, 5) is 27.7. The molecule has 21 heavy (non-hydrogen) atoms. The summed E-state index contributed by atoms with van der Waals surface area (Å²) in [6.07, 6.45) is 1.38. The van der Waals surface area contributed by atoms with Crippen LogP contribution in [0.25, 0.3) is 16.6 Å². The Morgan fingerprint density at radius 2 is 2.00 bits per heavy atom. The summed E-state index contributed by atoms with van der Waals surface area (Å²) in [5, 5.41) is 12.9. The average molecular weight is 304 g/mol. The van der Waals surface area contributed by atoms with Crippen LogP contribution < -0.4 is 5.56 Å². The van der Waals surface area contributed by atoms with Crippen LogP contribution >= 0.6 is 11.6 Å². The van der Waals surface area contributed by atoms with Crippen molar-refractivity contribution in [2.75, 3.05) is 0 Å². The fourth-order valence-corrected chi connectivity index (χ4v) is 2.33. The molecular weight excluding hydrogens is 294 g/mol. The summed E-state index contributed by atoms with van der Waals surface area (Å²) < 4.78 is 1.27. The fraction of sp³-hybridized carbons (Fsp3) is 0.0714. The molecule has 0 bridgehead atoms. The number of rotatable bonds is 2. The second-order valence-electron chi connectivity index (χ2n) is 4.54. The van der Waals surface area contributed by atoms with Gasteiger partial charge in [-0.15, -0.1) is 0 Å². The van der Waals surface area contributed by atoms with Gasteiger partial charge in [0, 0.05) is 11.2 Å². The highest BCUT2D eigenvalue weighted by molar-refractivity contribution is 6.30. The third kappa shape index (κ3) is 2.09. The first-order valence-corrected chi connectivity index (χ1v) is 6.46. The van der Waals surface area contributed by atoms with Crippen molar-refractivity contribution in [1.82, 2.24) is 14.8 Å². The molecule has 0 saturated heterocycles. The molecule has 0 radical (unpaired) electrons. The normalized spacial score (nSPS) is 11.0. The second-order valence-corrected chi connectivity index (χ2v) is 4.98. The molecule has 0 fully saturated rings. The number of aromatic nitrogens is 3. The lowest BCUT2D eigenvalue weighted by molar-refractivity contribution is 0.0697. The minimum atomic E-state index is -1.13. The third-order valence-electron chi connectivity index (χ3n) is 3.22. The molecule has 0 aliphatic heterocycles. The number of halogens is 1. The van der Waals surface area contributed by atoms with E-state index in [2.05, 4.69) is 10.1 Å². The zero-order valence-electron chi connectivity index (χ0n) is 10.9. The molecule has 0 amide bonds. The number of H-pyrrole nitrogens is 1. The molecule has 0 spiro atoms. The van der Waals surface area contributed by atoms with Crippen molar-refractivity contribution >= 4 is 28.5 Å². The van der Waals surface area contributed by atoms with Crippen molar-refractivity contribution in [3.8, 4) is 5.69 Å². The average Bonchev–Trinajstić information content (AvgIpc) is 2.76. The standard InChI is InChI=1S/C14H10ClN3O3/c1-7-11(14(20)21)12-10(6-16-7)13(19)18(17-12)9-4-2-8(15)3-5-9/h2-6,17H,1H3,(H,20,21). The summed E-state index contributed by atoms with van der Waals surface area (Å²) in [5.74, 6) is -1.13. The number of carboxylic acids is 1. The Labute approximate surface area is 123 Å². The number of carbonyl (C=O) groups is 1. The van der Waals surface area contributed by atoms with E-state index in [1.807, 2.05) is 0 Å². The number of carboxylic acid groups (broad SMARTS) is 1. The molecule has 106 valence electrons. The molecule has 0 unspecified atom stereocenters. The zero-order valence-corrected chi connectivity index (χ0v) is 11.7. The van der Waals surface area contributed by atoms with Gasteiger partial charge in [-0.05, 0) is 31.2 Å². The van der Waals surface area contributed by atoms with E-state index >= 15 is 0 Å². The number of hydrogen-bond acceptors (Lipinski definition) is 3. The van der Waals surface area contributed by atoms with Crippen LogP contribution in [-0.4, -0.2) is 25.8 Å². The quantitative estimate of drug-likeness (QED) is 0.761. The molecule has 6 nitrogen and oxygen atoms in total. The van der Waals surface area contributed by atoms with Crippen molar-refractivity contribution in [2.45, 2.75) is 6.92 Å². The molecule has 0 atom stereocenters. The lowest BCUT2D eigenvalue weighted by atomic mass is 10.1. The predicted molar refractivity (Wildman–Crippen MR) is 78.4 cm³/mol. The van der Waals surface area contributed by atoms with Crippen LogP contribution in [0.1, 0.15) is 16.1 Å². The largest absolute Gasteiger partial charge is 0.478 e. The lowest BCUT2D eigenvalue weighted by Crippen LogP contribution is -2.14. The Morgan fingerprint density at radius 1 is 1.33 bits per heavy atom. The zero-order chi connectivity index (χ0) is 15.1. The van der Waals surface area contributed by atoms with Crippen molar-refractivity contribution in [1.29, 1.82) is 0 Å². The number of nitrogens with zero attached hydrogens (tertiary/aromatic N) is 2. The molecule has 0 aliphatic rings. The van der Waals surface area contributed by atoms with Crippen molar-refractivity contribution in [3.63, 3.8) is 0 Å². The SMILES string of the molecule is Cc1ncc2c(=O)n(-c3ccc(Cl)cc3)[nH]c2c1C(=O)O. The summed E-state index contributed by atoms with van der Waals surface area (Å²) in [6.45, 7) is 1.58. The Hall–Kier alpha value is -2.60. The third-order valence-corrected chi connectivity index (χ3v) is 3.48. The highest BCUT2D eigenvalue weighted by atomic mass is 35.5. The first kappa shape index (κ1) is 13.4. The maximum atomic E-state index is 12.4. The van der Waals surface area contributed by atoms with Crippen LogP contribution in [0, 0.1) is 6.92 Å². The van der Waals surface area contributed by atoms with E-state index in [4.69, 9.17) is 11.6 Å². The number of aromatic carboxylic acids is 1. The van der Waals surface area contributed by atoms with Crippen molar-refractivity contribution in [2.24, 2.45) is 0 Å². The van der Waals surface area contributed by atoms with E-state index in [1.165, 1.54) is 10.9 Å². The van der Waals surface area contributed by atoms with Gasteiger partial charge >= 0.3 is 5.97 Å². The molecule has 2 heterocycles. The molecule has 2 aromatic heterocycles. The number of benzene rings is 1. The second kappa shape index (κ2) is 4.75. The van der Waals surface area contributed by atoms with E-state index in [0.29, 0.717) is 16.4 Å². The Kier molecular flexibility index (Phi) is 3.03. The molecule has 0 saturated carbocycles. The number of aryl methyl sites for hydroxylation is 1. The van der Waals surface area contributed by atoms with Gasteiger partial charge in [-0.25, -0.2) is 9.48 Å². The van der Waals surface area contributed by atoms with Gasteiger partial charge in [0.05, 0.1) is 22.3 Å². The van der Waals surface area contributed by atoms with Gasteiger partial charge in [-0.2, -0.15) is 0 Å². The van der Waals surface area contributed by atoms with E-state index in [9.17, 15) is 14.7 Å². The Morgan fingerprint density at radius 3 is 2.62 bits per heavy atom. The van der Waals surface area contributed by atoms with Crippen molar-refractivity contribution in [3.05, 3.63) is 57.1 Å². The van der Waals surface area contributed by atoms with E-state index in [1.54, 1.807) is 31.2 Å². The molecule has 1 aromatic carbocycles. The topological polar surface area (TPSA) is 88.0 Å². The van der Waals surface area contributed by atoms with Crippen molar-refractivity contribution < 1.29 is 9.90 Å². The van der Waals surface area contributed by atoms with Gasteiger partial charge in [-0.3, -0.25) is 14.9 Å². The molecular formula is C14H10ClN3O3. The first-order valence-electron chi connectivity index (χ1n) is 6.08. The van der Waals surface area contributed by atoms with E-state index in [-0.39, 0.29) is 22.0 Å². The highest BCUT2D eigenvalue weighted by Crippen LogP contribution is 2.18. The molecule has 2 N–H and O–H groups in total. The number of nitrogens with one attached hydrogen (secondary N) is 1. The van der Waals surface area contributed by atoms with E-state index in [0.717, 1.165) is 0 Å². The maximum Gasteiger partial charge on any atom is 0.339 e. The summed E-state index contributed by atoms with van der Waals surface area (Å²) >= 11 is 5.82. The summed E-state index contributed by atoms with van der Waals surface area (Å²) in [7, 11) is 0. The monoisotopic (exact) mass is 303 g/mol. The minimum absolute atomic E-state index is 0.00249. The molecule has 3 rings (SSSR count). The van der Waals surface area contributed by atoms with Crippen LogP contribution in [0.15, 0.2) is 35.3 Å². The van der Waals surface area contributed by atoms with Gasteiger partial charge in [0.1, 0.15) is 5.56 Å². The number of hydrogen-bond donors (Lipinski definition) is 2. The van der Waals surface area contributed by atoms with Gasteiger partial charge in [0.2, 0.25) is 0 Å². The Balaban J connectivity index is 2.34. The minimum Gasteiger partial charge on any atom is -0.478 e. The van der Waals surface area contributed by atoms with Crippen LogP contribution in [-0.2, 0) is 0 Å². The van der Waals surface area contributed by atoms with Gasteiger partial charge < -0.3 is 5.11 Å². The van der Waals surface area contributed by atoms with Crippen LogP contribution in [0.2, 0.25) is 5.02 Å². The van der Waals surface area contributed by atoms with Crippen LogP contribution in [0.5, 0.6) is 0 Å². The van der Waals surface area contributed by atoms with E-state index < -0.39 is 5.97 Å². The van der Waals surface area contributed by atoms with Crippen LogP contribution in [0.4, 0.5) is 0 Å². The first-order chi connectivity index (χ1) is 9.99. The van der Waals surface area contributed by atoms with Crippen LogP contribution in [0.3, 0.4) is 0 Å². The summed E-state index contributed by atoms with van der Waals surface area (Å²) in [5.41, 5.74) is 0.809. The van der Waals surface area contributed by atoms with Gasteiger partial charge in [-0.1, -0.05) is 11.6 Å². The fourth-order valence-electron chi connectivity index (χ4n) is 2.20. The smallest absolute Gasteiger partial charge is 0.339 e. The predicted octanol–water partition coefficient (Wildman–Crippen LogP) is 2.37. The number of pyridine rings is 1. The molecule has 0 aliphatic carbocycles. The molecule has 7 heteroatoms. The number of fused-ring (bicyclic) bond motifs is 1. The lowest BCUT2D eigenvalue weighted by Gasteiger charge is -2.02. The number of aromatic amines is 1. The molecule has 3 aromatic rings. The van der Waals surface area contributed by atoms with Gasteiger partial charge in [0.25, 0.3) is 5.56 Å². The summed E-state index contributed by atoms with van der Waals surface area (Å²) in [6, 6.07) is 6.63.